The summed E-state index contributed by atoms with van der Waals surface area (Å²) in [6.45, 7) is 5.04. The molecule has 0 saturated heterocycles. The van der Waals surface area contributed by atoms with Crippen LogP contribution in [0.2, 0.25) is 0 Å². The molecule has 1 aromatic heterocycles. The Morgan fingerprint density at radius 2 is 2.00 bits per heavy atom. The van der Waals surface area contributed by atoms with Gasteiger partial charge >= 0.3 is 0 Å². The van der Waals surface area contributed by atoms with Crippen LogP contribution in [0, 0.1) is 0 Å². The van der Waals surface area contributed by atoms with E-state index in [-0.39, 0.29) is 16.6 Å². The van der Waals surface area contributed by atoms with E-state index in [2.05, 4.69) is 15.0 Å². The minimum atomic E-state index is -3.87. The lowest BCUT2D eigenvalue weighted by molar-refractivity contribution is -0.122. The van der Waals surface area contributed by atoms with E-state index >= 15 is 0 Å². The lowest BCUT2D eigenvalue weighted by atomic mass is 10.3. The van der Waals surface area contributed by atoms with Crippen molar-refractivity contribution in [3.05, 3.63) is 18.5 Å². The number of carbonyl (C=O) groups is 1. The average molecular weight is 286 g/mol. The molecule has 0 aromatic carbocycles. The van der Waals surface area contributed by atoms with Crippen LogP contribution in [0.25, 0.3) is 0 Å². The van der Waals surface area contributed by atoms with Crippen molar-refractivity contribution in [3.63, 3.8) is 0 Å². The molecular weight excluding hydrogens is 268 g/mol. The molecule has 0 aliphatic rings. The minimum absolute atomic E-state index is 0.0667. The quantitative estimate of drug-likeness (QED) is 0.696. The van der Waals surface area contributed by atoms with Gasteiger partial charge in [-0.2, -0.15) is 4.72 Å². The van der Waals surface area contributed by atoms with Crippen LogP contribution < -0.4 is 15.8 Å². The molecule has 1 aromatic rings. The van der Waals surface area contributed by atoms with Gasteiger partial charge in [0.15, 0.2) is 0 Å². The molecule has 1 atom stereocenters. The van der Waals surface area contributed by atoms with E-state index in [4.69, 9.17) is 5.73 Å². The summed E-state index contributed by atoms with van der Waals surface area (Å²) in [5, 5.41) is 2.62. The molecule has 0 bridgehead atoms. The number of amides is 1. The molecule has 1 rings (SSSR count). The van der Waals surface area contributed by atoms with Crippen molar-refractivity contribution in [3.8, 4) is 0 Å². The molecule has 0 fully saturated rings. The number of anilines is 1. The Balaban J connectivity index is 2.87. The lowest BCUT2D eigenvalue weighted by Crippen LogP contribution is -2.46. The van der Waals surface area contributed by atoms with Gasteiger partial charge in [-0.15, -0.1) is 0 Å². The van der Waals surface area contributed by atoms with E-state index in [1.807, 2.05) is 0 Å². The van der Waals surface area contributed by atoms with E-state index in [0.29, 0.717) is 0 Å². The van der Waals surface area contributed by atoms with Gasteiger partial charge in [0.05, 0.1) is 11.7 Å². The molecule has 0 saturated carbocycles. The molecule has 0 aliphatic carbocycles. The zero-order valence-corrected chi connectivity index (χ0v) is 11.9. The zero-order chi connectivity index (χ0) is 14.6. The molecule has 106 valence electrons. The second-order valence-corrected chi connectivity index (χ2v) is 6.10. The Hall–Kier alpha value is -1.67. The molecule has 0 aliphatic heterocycles. The summed E-state index contributed by atoms with van der Waals surface area (Å²) in [4.78, 5) is 15.2. The van der Waals surface area contributed by atoms with E-state index in [1.54, 1.807) is 13.8 Å². The first-order valence-electron chi connectivity index (χ1n) is 5.76. The first-order chi connectivity index (χ1) is 8.74. The van der Waals surface area contributed by atoms with Gasteiger partial charge in [0.1, 0.15) is 4.90 Å². The number of rotatable bonds is 5. The molecular formula is C11H18N4O3S. The van der Waals surface area contributed by atoms with Crippen molar-refractivity contribution in [1.82, 2.24) is 15.0 Å². The smallest absolute Gasteiger partial charge is 0.244 e. The first-order valence-corrected chi connectivity index (χ1v) is 7.24. The van der Waals surface area contributed by atoms with E-state index < -0.39 is 22.0 Å². The van der Waals surface area contributed by atoms with Crippen molar-refractivity contribution in [2.45, 2.75) is 37.8 Å². The number of carbonyl (C=O) groups excluding carboxylic acids is 1. The van der Waals surface area contributed by atoms with Crippen LogP contribution in [-0.4, -0.2) is 31.4 Å². The van der Waals surface area contributed by atoms with Gasteiger partial charge in [-0.25, -0.2) is 8.42 Å². The summed E-state index contributed by atoms with van der Waals surface area (Å²) >= 11 is 0. The lowest BCUT2D eigenvalue weighted by Gasteiger charge is -2.16. The third-order valence-corrected chi connectivity index (χ3v) is 3.85. The standard InChI is InChI=1S/C11H18N4O3S/c1-7(2)14-11(16)8(3)15-19(17,18)10-6-13-5-4-9(10)12/h4-8,15H,1-3H3,(H2,12,13)(H,14,16). The fraction of sp³-hybridized carbons (Fsp3) is 0.455. The Morgan fingerprint density at radius 1 is 1.37 bits per heavy atom. The fourth-order valence-corrected chi connectivity index (χ4v) is 2.65. The molecule has 1 amide bonds. The van der Waals surface area contributed by atoms with Crippen molar-refractivity contribution in [2.24, 2.45) is 0 Å². The van der Waals surface area contributed by atoms with Crippen LogP contribution in [0.1, 0.15) is 20.8 Å². The molecule has 0 radical (unpaired) electrons. The van der Waals surface area contributed by atoms with E-state index in [9.17, 15) is 13.2 Å². The predicted molar refractivity (Wildman–Crippen MR) is 71.7 cm³/mol. The van der Waals surface area contributed by atoms with E-state index in [1.165, 1.54) is 19.2 Å². The summed E-state index contributed by atoms with van der Waals surface area (Å²) in [5.74, 6) is -0.402. The van der Waals surface area contributed by atoms with Gasteiger partial charge in [0, 0.05) is 18.4 Å². The summed E-state index contributed by atoms with van der Waals surface area (Å²) in [6.07, 6.45) is 2.54. The van der Waals surface area contributed by atoms with Crippen LogP contribution in [-0.2, 0) is 14.8 Å². The Bertz CT molecular complexity index is 557. The molecule has 7 nitrogen and oxygen atoms in total. The Labute approximate surface area is 112 Å². The third-order valence-electron chi connectivity index (χ3n) is 2.26. The van der Waals surface area contributed by atoms with Gasteiger partial charge in [0.2, 0.25) is 15.9 Å². The van der Waals surface area contributed by atoms with Gasteiger partial charge in [-0.05, 0) is 26.8 Å². The second-order valence-electron chi connectivity index (χ2n) is 4.42. The highest BCUT2D eigenvalue weighted by atomic mass is 32.2. The number of hydrogen-bond acceptors (Lipinski definition) is 5. The maximum Gasteiger partial charge on any atom is 0.244 e. The van der Waals surface area contributed by atoms with Crippen molar-refractivity contribution in [2.75, 3.05) is 5.73 Å². The molecule has 0 spiro atoms. The zero-order valence-electron chi connectivity index (χ0n) is 11.0. The predicted octanol–water partition coefficient (Wildman–Crippen LogP) is -0.145. The number of nitrogens with two attached hydrogens (primary N) is 1. The van der Waals surface area contributed by atoms with Crippen LogP contribution in [0.4, 0.5) is 5.69 Å². The van der Waals surface area contributed by atoms with Crippen LogP contribution in [0.5, 0.6) is 0 Å². The third kappa shape index (κ3) is 4.18. The summed E-state index contributed by atoms with van der Waals surface area (Å²) in [5.41, 5.74) is 5.66. The largest absolute Gasteiger partial charge is 0.398 e. The average Bonchev–Trinajstić information content (AvgIpc) is 2.27. The molecule has 1 unspecified atom stereocenters. The van der Waals surface area contributed by atoms with Gasteiger partial charge in [0.25, 0.3) is 0 Å². The van der Waals surface area contributed by atoms with Gasteiger partial charge in [-0.3, -0.25) is 9.78 Å². The van der Waals surface area contributed by atoms with Gasteiger partial charge < -0.3 is 11.1 Å². The maximum atomic E-state index is 12.0. The Kier molecular flexibility index (Phi) is 4.84. The molecule has 8 heteroatoms. The van der Waals surface area contributed by atoms with E-state index in [0.717, 1.165) is 6.20 Å². The van der Waals surface area contributed by atoms with Crippen molar-refractivity contribution < 1.29 is 13.2 Å². The summed E-state index contributed by atoms with van der Waals surface area (Å²) < 4.78 is 26.3. The number of aromatic nitrogens is 1. The SMILES string of the molecule is CC(C)NC(=O)C(C)NS(=O)(=O)c1cnccc1N. The molecule has 1 heterocycles. The maximum absolute atomic E-state index is 12.0. The number of nitrogens with zero attached hydrogens (tertiary/aromatic N) is 1. The number of nitrogens with one attached hydrogen (secondary N) is 2. The number of sulfonamides is 1. The highest BCUT2D eigenvalue weighted by Gasteiger charge is 2.24. The monoisotopic (exact) mass is 286 g/mol. The molecule has 4 N–H and O–H groups in total. The summed E-state index contributed by atoms with van der Waals surface area (Å²) in [6, 6.07) is 0.419. The van der Waals surface area contributed by atoms with Crippen LogP contribution >= 0.6 is 0 Å². The second kappa shape index (κ2) is 5.98. The normalized spacial score (nSPS) is 13.3. The minimum Gasteiger partial charge on any atom is -0.398 e. The Morgan fingerprint density at radius 3 is 2.53 bits per heavy atom. The molecule has 19 heavy (non-hydrogen) atoms. The summed E-state index contributed by atoms with van der Waals surface area (Å²) in [7, 11) is -3.87. The van der Waals surface area contributed by atoms with Crippen LogP contribution in [0.15, 0.2) is 23.4 Å². The highest BCUT2D eigenvalue weighted by Crippen LogP contribution is 2.15. The van der Waals surface area contributed by atoms with Crippen molar-refractivity contribution in [1.29, 1.82) is 0 Å². The number of nitrogen functional groups attached to an aromatic ring is 1. The van der Waals surface area contributed by atoms with Gasteiger partial charge in [-0.1, -0.05) is 0 Å². The van der Waals surface area contributed by atoms with Crippen LogP contribution in [0.3, 0.4) is 0 Å². The van der Waals surface area contributed by atoms with Crippen molar-refractivity contribution >= 4 is 21.6 Å². The fourth-order valence-electron chi connectivity index (χ4n) is 1.37. The highest BCUT2D eigenvalue weighted by molar-refractivity contribution is 7.89. The number of pyridine rings is 1. The topological polar surface area (TPSA) is 114 Å². The first kappa shape index (κ1) is 15.4. The number of hydrogen-bond donors (Lipinski definition) is 3.